The lowest BCUT2D eigenvalue weighted by atomic mass is 10.2. The molecule has 96 valence electrons. The van der Waals surface area contributed by atoms with Gasteiger partial charge in [-0.1, -0.05) is 6.07 Å². The molecule has 7 heteroatoms. The lowest BCUT2D eigenvalue weighted by Gasteiger charge is -2.04. The van der Waals surface area contributed by atoms with Gasteiger partial charge in [0.2, 0.25) is 0 Å². The van der Waals surface area contributed by atoms with Crippen LogP contribution in [0, 0.1) is 5.82 Å². The monoisotopic (exact) mass is 260 g/mol. The van der Waals surface area contributed by atoms with E-state index >= 15 is 0 Å². The number of halogens is 4. The van der Waals surface area contributed by atoms with E-state index in [-0.39, 0.29) is 11.3 Å². The first-order chi connectivity index (χ1) is 8.41. The van der Waals surface area contributed by atoms with Gasteiger partial charge < -0.3 is 5.11 Å². The minimum atomic E-state index is -4.48. The van der Waals surface area contributed by atoms with Crippen molar-refractivity contribution in [3.8, 4) is 5.69 Å². The van der Waals surface area contributed by atoms with E-state index in [9.17, 15) is 17.6 Å². The van der Waals surface area contributed by atoms with E-state index in [2.05, 4.69) is 5.10 Å². The Bertz CT molecular complexity index is 562. The average molecular weight is 260 g/mol. The van der Waals surface area contributed by atoms with Crippen LogP contribution in [0.5, 0.6) is 0 Å². The van der Waals surface area contributed by atoms with Gasteiger partial charge in [-0.05, 0) is 12.1 Å². The topological polar surface area (TPSA) is 38.0 Å². The Morgan fingerprint density at radius 1 is 1.28 bits per heavy atom. The highest BCUT2D eigenvalue weighted by Gasteiger charge is 2.32. The van der Waals surface area contributed by atoms with Crippen LogP contribution in [-0.4, -0.2) is 14.9 Å². The number of aromatic nitrogens is 2. The molecule has 0 aliphatic heterocycles. The smallest absolute Gasteiger partial charge is 0.392 e. The van der Waals surface area contributed by atoms with Gasteiger partial charge in [0, 0.05) is 11.8 Å². The van der Waals surface area contributed by atoms with Gasteiger partial charge in [-0.15, -0.1) is 0 Å². The van der Waals surface area contributed by atoms with Crippen LogP contribution in [0.3, 0.4) is 0 Å². The van der Waals surface area contributed by atoms with Gasteiger partial charge in [-0.25, -0.2) is 9.07 Å². The van der Waals surface area contributed by atoms with E-state index < -0.39 is 24.2 Å². The van der Waals surface area contributed by atoms with E-state index in [1.54, 1.807) is 0 Å². The number of hydrogen-bond acceptors (Lipinski definition) is 2. The van der Waals surface area contributed by atoms with Crippen LogP contribution in [0.4, 0.5) is 17.6 Å². The van der Waals surface area contributed by atoms with Gasteiger partial charge in [0.05, 0.1) is 24.1 Å². The van der Waals surface area contributed by atoms with Crippen molar-refractivity contribution >= 4 is 0 Å². The van der Waals surface area contributed by atoms with E-state index in [0.717, 1.165) is 16.9 Å². The molecule has 0 unspecified atom stereocenters. The summed E-state index contributed by atoms with van der Waals surface area (Å²) in [4.78, 5) is 0. The summed E-state index contributed by atoms with van der Waals surface area (Å²) in [5, 5.41) is 12.3. The number of alkyl halides is 3. The summed E-state index contributed by atoms with van der Waals surface area (Å²) in [5.41, 5.74) is -0.684. The molecule has 0 aliphatic carbocycles. The van der Waals surface area contributed by atoms with E-state index in [4.69, 9.17) is 5.11 Å². The molecule has 1 aromatic carbocycles. The third kappa shape index (κ3) is 2.35. The SMILES string of the molecule is OCc1ccc(-n2cc(C(F)(F)F)cn2)cc1F. The van der Waals surface area contributed by atoms with Gasteiger partial charge in [0.1, 0.15) is 5.82 Å². The highest BCUT2D eigenvalue weighted by atomic mass is 19.4. The predicted octanol–water partition coefficient (Wildman–Crippen LogP) is 2.52. The van der Waals surface area contributed by atoms with E-state index in [1.807, 2.05) is 0 Å². The Labute approximate surface area is 99.3 Å². The zero-order valence-electron chi connectivity index (χ0n) is 8.95. The number of hydrogen-bond donors (Lipinski definition) is 1. The number of aliphatic hydroxyl groups is 1. The quantitative estimate of drug-likeness (QED) is 0.842. The number of nitrogens with zero attached hydrogens (tertiary/aromatic N) is 2. The molecule has 2 rings (SSSR count). The van der Waals surface area contributed by atoms with Crippen molar-refractivity contribution in [1.82, 2.24) is 9.78 Å². The summed E-state index contributed by atoms with van der Waals surface area (Å²) in [6, 6.07) is 3.68. The highest BCUT2D eigenvalue weighted by molar-refractivity contribution is 5.35. The molecule has 0 bridgehead atoms. The lowest BCUT2D eigenvalue weighted by Crippen LogP contribution is -2.03. The first-order valence-electron chi connectivity index (χ1n) is 4.93. The van der Waals surface area contributed by atoms with Crippen molar-refractivity contribution in [2.75, 3.05) is 0 Å². The summed E-state index contributed by atoms with van der Waals surface area (Å²) in [7, 11) is 0. The number of benzene rings is 1. The molecule has 0 spiro atoms. The van der Waals surface area contributed by atoms with Crippen molar-refractivity contribution in [1.29, 1.82) is 0 Å². The summed E-state index contributed by atoms with van der Waals surface area (Å²) in [6.07, 6.45) is -3.05. The zero-order chi connectivity index (χ0) is 13.3. The fourth-order valence-electron chi connectivity index (χ4n) is 1.42. The molecule has 1 N–H and O–H groups in total. The van der Waals surface area contributed by atoms with Gasteiger partial charge in [-0.3, -0.25) is 0 Å². The molecule has 0 fully saturated rings. The fraction of sp³-hybridized carbons (Fsp3) is 0.182. The van der Waals surface area contributed by atoms with Gasteiger partial charge in [0.15, 0.2) is 0 Å². The van der Waals surface area contributed by atoms with Crippen molar-refractivity contribution < 1.29 is 22.7 Å². The Morgan fingerprint density at radius 3 is 2.50 bits per heavy atom. The Morgan fingerprint density at radius 2 is 2.00 bits per heavy atom. The van der Waals surface area contributed by atoms with E-state index in [1.165, 1.54) is 12.1 Å². The van der Waals surface area contributed by atoms with Crippen LogP contribution in [0.15, 0.2) is 30.6 Å². The maximum absolute atomic E-state index is 13.4. The second-order valence-corrected chi connectivity index (χ2v) is 3.61. The number of aliphatic hydroxyl groups excluding tert-OH is 1. The molecule has 2 aromatic rings. The maximum atomic E-state index is 13.4. The van der Waals surface area contributed by atoms with Crippen LogP contribution < -0.4 is 0 Å². The van der Waals surface area contributed by atoms with E-state index in [0.29, 0.717) is 6.20 Å². The molecule has 0 atom stereocenters. The van der Waals surface area contributed by atoms with Crippen molar-refractivity contribution in [2.45, 2.75) is 12.8 Å². The summed E-state index contributed by atoms with van der Waals surface area (Å²) in [6.45, 7) is -0.473. The van der Waals surface area contributed by atoms with Gasteiger partial charge in [0.25, 0.3) is 0 Å². The molecule has 18 heavy (non-hydrogen) atoms. The molecule has 3 nitrogen and oxygen atoms in total. The molecule has 1 aromatic heterocycles. The average Bonchev–Trinajstić information content (AvgIpc) is 2.77. The fourth-order valence-corrected chi connectivity index (χ4v) is 1.42. The second-order valence-electron chi connectivity index (χ2n) is 3.61. The van der Waals surface area contributed by atoms with Crippen LogP contribution in [0.25, 0.3) is 5.69 Å². The standard InChI is InChI=1S/C11H8F4N2O/c12-10-3-9(2-1-7(10)6-18)17-5-8(4-16-17)11(13,14)15/h1-5,18H,6H2. The maximum Gasteiger partial charge on any atom is 0.419 e. The summed E-state index contributed by atoms with van der Waals surface area (Å²) < 4.78 is 51.3. The molecular weight excluding hydrogens is 252 g/mol. The highest BCUT2D eigenvalue weighted by Crippen LogP contribution is 2.29. The van der Waals surface area contributed by atoms with Crippen LogP contribution in [-0.2, 0) is 12.8 Å². The van der Waals surface area contributed by atoms with Crippen LogP contribution in [0.1, 0.15) is 11.1 Å². The van der Waals surface area contributed by atoms with Crippen molar-refractivity contribution in [3.05, 3.63) is 47.5 Å². The summed E-state index contributed by atoms with van der Waals surface area (Å²) >= 11 is 0. The molecule has 0 radical (unpaired) electrons. The first kappa shape index (κ1) is 12.6. The van der Waals surface area contributed by atoms with Crippen molar-refractivity contribution in [2.24, 2.45) is 0 Å². The molecule has 0 amide bonds. The Hall–Kier alpha value is -1.89. The van der Waals surface area contributed by atoms with Crippen LogP contribution in [0.2, 0.25) is 0 Å². The Kier molecular flexibility index (Phi) is 3.08. The summed E-state index contributed by atoms with van der Waals surface area (Å²) in [5.74, 6) is -0.695. The third-order valence-corrected chi connectivity index (χ3v) is 2.38. The largest absolute Gasteiger partial charge is 0.419 e. The molecule has 0 saturated heterocycles. The lowest BCUT2D eigenvalue weighted by molar-refractivity contribution is -0.137. The molecule has 1 heterocycles. The van der Waals surface area contributed by atoms with Crippen molar-refractivity contribution in [3.63, 3.8) is 0 Å². The second kappa shape index (κ2) is 4.41. The normalized spacial score (nSPS) is 11.8. The van der Waals surface area contributed by atoms with Crippen LogP contribution >= 0.6 is 0 Å². The third-order valence-electron chi connectivity index (χ3n) is 2.38. The zero-order valence-corrected chi connectivity index (χ0v) is 8.95. The van der Waals surface area contributed by atoms with Gasteiger partial charge in [-0.2, -0.15) is 18.3 Å². The molecular formula is C11H8F4N2O. The Balaban J connectivity index is 2.38. The minimum Gasteiger partial charge on any atom is -0.392 e. The minimum absolute atomic E-state index is 0.0713. The van der Waals surface area contributed by atoms with Gasteiger partial charge >= 0.3 is 6.18 Å². The number of rotatable bonds is 2. The molecule has 0 saturated carbocycles. The first-order valence-corrected chi connectivity index (χ1v) is 4.93. The predicted molar refractivity (Wildman–Crippen MR) is 54.4 cm³/mol. The molecule has 0 aliphatic rings.